The van der Waals surface area contributed by atoms with Crippen molar-refractivity contribution in [3.8, 4) is 0 Å². The van der Waals surface area contributed by atoms with Crippen LogP contribution in [0.25, 0.3) is 0 Å². The number of non-ortho nitro benzene ring substituents is 2. The molecule has 0 radical (unpaired) electrons. The molecule has 1 heterocycles. The fraction of sp³-hybridized carbons (Fsp3) is 0.182. The molecule has 2 atom stereocenters. The molecule has 2 N–H and O–H groups in total. The number of nitrogens with zero attached hydrogens (tertiary/aromatic N) is 6. The van der Waals surface area contributed by atoms with E-state index in [1.807, 2.05) is 0 Å². The molecule has 2 unspecified atom stereocenters. The molecule has 2 aromatic carbocycles. The number of hydrogen-bond donors (Lipinski definition) is 2. The molecule has 0 saturated carbocycles. The van der Waals surface area contributed by atoms with Crippen LogP contribution in [0.5, 0.6) is 0 Å². The van der Waals surface area contributed by atoms with E-state index >= 15 is 0 Å². The van der Waals surface area contributed by atoms with Gasteiger partial charge in [-0.15, -0.1) is 10.2 Å². The van der Waals surface area contributed by atoms with Gasteiger partial charge in [-0.25, -0.2) is 10.9 Å². The van der Waals surface area contributed by atoms with E-state index in [1.165, 1.54) is 60.2 Å². The van der Waals surface area contributed by atoms with E-state index in [1.54, 1.807) is 26.0 Å². The van der Waals surface area contributed by atoms with E-state index in [9.17, 15) is 29.8 Å². The highest BCUT2D eigenvalue weighted by molar-refractivity contribution is 8.04. The first-order valence-corrected chi connectivity index (χ1v) is 13.5. The van der Waals surface area contributed by atoms with Crippen LogP contribution in [0.2, 0.25) is 0 Å². The van der Waals surface area contributed by atoms with Crippen molar-refractivity contribution in [1.29, 1.82) is 0 Å². The minimum Gasteiger partial charge on any atom is -0.272 e. The van der Waals surface area contributed by atoms with E-state index in [-0.39, 0.29) is 11.4 Å². The van der Waals surface area contributed by atoms with Crippen molar-refractivity contribution >= 4 is 70.5 Å². The summed E-state index contributed by atoms with van der Waals surface area (Å²) in [5, 5.41) is 36.3. The maximum atomic E-state index is 12.3. The molecule has 14 nitrogen and oxygen atoms in total. The summed E-state index contributed by atoms with van der Waals surface area (Å²) in [7, 11) is 0. The number of hydrogen-bond acceptors (Lipinski definition) is 13. The summed E-state index contributed by atoms with van der Waals surface area (Å²) in [5.74, 6) is -0.805. The van der Waals surface area contributed by atoms with Gasteiger partial charge in [-0.2, -0.15) is 10.2 Å². The number of amides is 2. The maximum Gasteiger partial charge on any atom is 0.270 e. The minimum atomic E-state index is -0.568. The van der Waals surface area contributed by atoms with Gasteiger partial charge >= 0.3 is 0 Å². The Morgan fingerprint density at radius 3 is 1.64 bits per heavy atom. The summed E-state index contributed by atoms with van der Waals surface area (Å²) in [4.78, 5) is 45.3. The van der Waals surface area contributed by atoms with Crippen LogP contribution < -0.4 is 10.9 Å². The van der Waals surface area contributed by atoms with Crippen molar-refractivity contribution in [3.63, 3.8) is 0 Å². The molecular weight excluding hydrogens is 568 g/mol. The molecule has 3 aromatic rings. The lowest BCUT2D eigenvalue weighted by Crippen LogP contribution is -2.26. The predicted octanol–water partition coefficient (Wildman–Crippen LogP) is 3.62. The lowest BCUT2D eigenvalue weighted by Gasteiger charge is -2.07. The normalized spacial score (nSPS) is 12.8. The predicted molar refractivity (Wildman–Crippen MR) is 148 cm³/mol. The third-order valence-corrected chi connectivity index (χ3v) is 7.91. The SMILES string of the molecule is CC(Sc1nnc(SC(C)C(=O)NN=Cc2cccc([N+](=O)[O-])c2)s1)C(=O)NN=Cc1cccc([N+](=O)[O-])c1. The van der Waals surface area contributed by atoms with Gasteiger partial charge in [0.15, 0.2) is 8.68 Å². The first-order valence-electron chi connectivity index (χ1n) is 10.9. The van der Waals surface area contributed by atoms with Crippen molar-refractivity contribution < 1.29 is 19.4 Å². The van der Waals surface area contributed by atoms with Crippen molar-refractivity contribution in [2.75, 3.05) is 0 Å². The molecule has 17 heteroatoms. The Labute approximate surface area is 233 Å². The van der Waals surface area contributed by atoms with Gasteiger partial charge < -0.3 is 0 Å². The fourth-order valence-corrected chi connectivity index (χ4v) is 5.96. The zero-order valence-electron chi connectivity index (χ0n) is 20.3. The quantitative estimate of drug-likeness (QED) is 0.136. The van der Waals surface area contributed by atoms with Gasteiger partial charge in [0.1, 0.15) is 0 Å². The van der Waals surface area contributed by atoms with E-state index in [0.29, 0.717) is 19.8 Å². The molecule has 2 amide bonds. The van der Waals surface area contributed by atoms with Crippen molar-refractivity contribution in [2.45, 2.75) is 33.0 Å². The summed E-state index contributed by atoms with van der Waals surface area (Å²) in [5.41, 5.74) is 5.53. The highest BCUT2D eigenvalue weighted by atomic mass is 32.2. The molecule has 0 bridgehead atoms. The Balaban J connectivity index is 1.46. The first-order chi connectivity index (χ1) is 18.6. The Bertz CT molecular complexity index is 1330. The Morgan fingerprint density at radius 2 is 1.26 bits per heavy atom. The highest BCUT2D eigenvalue weighted by Gasteiger charge is 2.20. The summed E-state index contributed by atoms with van der Waals surface area (Å²) in [6.45, 7) is 3.32. The lowest BCUT2D eigenvalue weighted by molar-refractivity contribution is -0.385. The number of benzene rings is 2. The smallest absolute Gasteiger partial charge is 0.270 e. The molecule has 1 aromatic heterocycles. The third kappa shape index (κ3) is 9.24. The Kier molecular flexibility index (Phi) is 10.6. The van der Waals surface area contributed by atoms with E-state index in [0.717, 1.165) is 23.5 Å². The fourth-order valence-electron chi connectivity index (χ4n) is 2.66. The minimum absolute atomic E-state index is 0.0841. The number of hydrazone groups is 2. The van der Waals surface area contributed by atoms with Crippen molar-refractivity contribution in [2.24, 2.45) is 10.2 Å². The number of nitrogens with one attached hydrogen (secondary N) is 2. The number of thioether (sulfide) groups is 2. The van der Waals surface area contributed by atoms with Gasteiger partial charge in [-0.3, -0.25) is 29.8 Å². The van der Waals surface area contributed by atoms with Gasteiger partial charge in [0.25, 0.3) is 23.2 Å². The van der Waals surface area contributed by atoms with Gasteiger partial charge in [-0.05, 0) is 13.8 Å². The Hall–Kier alpha value is -4.22. The van der Waals surface area contributed by atoms with Crippen LogP contribution >= 0.6 is 34.9 Å². The molecule has 3 rings (SSSR count). The molecule has 0 fully saturated rings. The van der Waals surface area contributed by atoms with Gasteiger partial charge in [-0.1, -0.05) is 59.1 Å². The van der Waals surface area contributed by atoms with Gasteiger partial charge in [0.2, 0.25) is 0 Å². The van der Waals surface area contributed by atoms with Gasteiger partial charge in [0, 0.05) is 35.4 Å². The second kappa shape index (κ2) is 14.1. The maximum absolute atomic E-state index is 12.3. The van der Waals surface area contributed by atoms with Gasteiger partial charge in [0.05, 0.1) is 32.8 Å². The van der Waals surface area contributed by atoms with Crippen LogP contribution in [-0.2, 0) is 9.59 Å². The van der Waals surface area contributed by atoms with Crippen LogP contribution in [0.15, 0.2) is 67.4 Å². The monoisotopic (exact) mass is 588 g/mol. The van der Waals surface area contributed by atoms with E-state index < -0.39 is 32.2 Å². The van der Waals surface area contributed by atoms with Crippen LogP contribution in [0.3, 0.4) is 0 Å². The molecular formula is C22H20N8O6S3. The molecule has 39 heavy (non-hydrogen) atoms. The number of nitro benzene ring substituents is 2. The summed E-state index contributed by atoms with van der Waals surface area (Å²) >= 11 is 3.53. The molecule has 0 aliphatic carbocycles. The zero-order chi connectivity index (χ0) is 28.4. The number of nitro groups is 2. The number of rotatable bonds is 12. The number of carbonyl (C=O) groups excluding carboxylic acids is 2. The standard InChI is InChI=1S/C22H20N8O6S3/c1-13(19(31)25-23-11-15-5-3-7-17(9-15)29(33)34)37-21-27-28-22(39-21)38-14(2)20(32)26-24-12-16-6-4-8-18(10-16)30(35)36/h3-14H,1-2H3,(H,25,31)(H,26,32). The molecule has 0 aliphatic rings. The lowest BCUT2D eigenvalue weighted by atomic mass is 10.2. The Morgan fingerprint density at radius 1 is 0.846 bits per heavy atom. The summed E-state index contributed by atoms with van der Waals surface area (Å²) in [6, 6.07) is 11.6. The number of aromatic nitrogens is 2. The average Bonchev–Trinajstić information content (AvgIpc) is 3.35. The van der Waals surface area contributed by atoms with Crippen molar-refractivity contribution in [1.82, 2.24) is 21.0 Å². The van der Waals surface area contributed by atoms with E-state index in [4.69, 9.17) is 0 Å². The van der Waals surface area contributed by atoms with Crippen LogP contribution in [-0.4, -0.2) is 54.8 Å². The highest BCUT2D eigenvalue weighted by Crippen LogP contribution is 2.33. The third-order valence-electron chi connectivity index (χ3n) is 4.62. The first kappa shape index (κ1) is 29.3. The molecule has 0 aliphatic heterocycles. The largest absolute Gasteiger partial charge is 0.272 e. The summed E-state index contributed by atoms with van der Waals surface area (Å²) < 4.78 is 1.03. The molecule has 0 saturated heterocycles. The van der Waals surface area contributed by atoms with Crippen LogP contribution in [0, 0.1) is 20.2 Å². The topological polar surface area (TPSA) is 195 Å². The molecule has 0 spiro atoms. The second-order valence-electron chi connectivity index (χ2n) is 7.53. The zero-order valence-corrected chi connectivity index (χ0v) is 22.7. The summed E-state index contributed by atoms with van der Waals surface area (Å²) in [6.07, 6.45) is 2.62. The van der Waals surface area contributed by atoms with Crippen molar-refractivity contribution in [3.05, 3.63) is 79.9 Å². The van der Waals surface area contributed by atoms with Crippen LogP contribution in [0.1, 0.15) is 25.0 Å². The second-order valence-corrected chi connectivity index (χ2v) is 11.7. The van der Waals surface area contributed by atoms with Crippen LogP contribution in [0.4, 0.5) is 11.4 Å². The number of carbonyl (C=O) groups is 2. The molecule has 202 valence electrons. The average molecular weight is 589 g/mol. The van der Waals surface area contributed by atoms with E-state index in [2.05, 4.69) is 31.3 Å².